The van der Waals surface area contributed by atoms with E-state index in [9.17, 15) is 4.79 Å². The lowest BCUT2D eigenvalue weighted by atomic mass is 9.97. The highest BCUT2D eigenvalue weighted by molar-refractivity contribution is 6.02. The topological polar surface area (TPSA) is 79.5 Å². The average Bonchev–Trinajstić information content (AvgIpc) is 2.73. The molecule has 20 heavy (non-hydrogen) atoms. The van der Waals surface area contributed by atoms with Gasteiger partial charge in [-0.3, -0.25) is 4.79 Å². The zero-order chi connectivity index (χ0) is 14.5. The molecule has 1 heterocycles. The van der Waals surface area contributed by atoms with Crippen molar-refractivity contribution in [3.05, 3.63) is 42.0 Å². The number of anilines is 1. The third-order valence-electron chi connectivity index (χ3n) is 3.17. The monoisotopic (exact) mass is 272 g/mol. The predicted octanol–water partition coefficient (Wildman–Crippen LogP) is 1.59. The third-order valence-corrected chi connectivity index (χ3v) is 3.17. The molecule has 5 heteroatoms. The number of rotatable bonds is 5. The number of fused-ring (bicyclic) bond motifs is 1. The average molecular weight is 272 g/mol. The van der Waals surface area contributed by atoms with Crippen LogP contribution < -0.4 is 16.4 Å². The first-order valence-corrected chi connectivity index (χ1v) is 6.66. The molecule has 1 atom stereocenters. The van der Waals surface area contributed by atoms with Gasteiger partial charge in [0.1, 0.15) is 0 Å². The number of hydrogen-bond acceptors (Lipinski definition) is 2. The minimum absolute atomic E-state index is 0.0467. The minimum atomic E-state index is -0.118. The number of benzene rings is 1. The van der Waals surface area contributed by atoms with E-state index in [1.54, 1.807) is 0 Å². The van der Waals surface area contributed by atoms with Crippen molar-refractivity contribution >= 4 is 17.6 Å². The minimum Gasteiger partial charge on any atom is -0.370 e. The molecule has 0 aliphatic carbocycles. The summed E-state index contributed by atoms with van der Waals surface area (Å²) >= 11 is 0. The Morgan fingerprint density at radius 1 is 1.50 bits per heavy atom. The van der Waals surface area contributed by atoms with Gasteiger partial charge in [-0.05, 0) is 25.0 Å². The van der Waals surface area contributed by atoms with Gasteiger partial charge < -0.3 is 16.4 Å². The fraction of sp³-hybridized carbons (Fsp3) is 0.333. The van der Waals surface area contributed by atoms with Crippen LogP contribution in [0.5, 0.6) is 0 Å². The largest absolute Gasteiger partial charge is 0.370 e. The summed E-state index contributed by atoms with van der Waals surface area (Å²) in [5, 5.41) is 5.91. The molecule has 0 saturated carbocycles. The summed E-state index contributed by atoms with van der Waals surface area (Å²) in [6.45, 7) is 6.79. The van der Waals surface area contributed by atoms with Crippen LogP contribution in [0.3, 0.4) is 0 Å². The van der Waals surface area contributed by atoms with Crippen LogP contribution in [-0.4, -0.2) is 25.0 Å². The zero-order valence-electron chi connectivity index (χ0n) is 11.6. The molecule has 0 saturated heterocycles. The second-order valence-electron chi connectivity index (χ2n) is 5.00. The second kappa shape index (κ2) is 6.23. The van der Waals surface area contributed by atoms with Gasteiger partial charge in [0, 0.05) is 12.2 Å². The second-order valence-corrected chi connectivity index (χ2v) is 5.00. The van der Waals surface area contributed by atoms with Crippen LogP contribution in [-0.2, 0) is 4.79 Å². The van der Waals surface area contributed by atoms with E-state index in [1.165, 1.54) is 0 Å². The van der Waals surface area contributed by atoms with Gasteiger partial charge in [0.05, 0.1) is 12.5 Å². The molecule has 0 fully saturated rings. The Bertz CT molecular complexity index is 551. The van der Waals surface area contributed by atoms with Crippen molar-refractivity contribution in [2.24, 2.45) is 10.7 Å². The lowest BCUT2D eigenvalue weighted by Gasteiger charge is -2.10. The van der Waals surface area contributed by atoms with Gasteiger partial charge >= 0.3 is 0 Å². The molecule has 1 amide bonds. The Kier molecular flexibility index (Phi) is 4.40. The van der Waals surface area contributed by atoms with Gasteiger partial charge in [-0.25, -0.2) is 4.99 Å². The third kappa shape index (κ3) is 3.38. The molecule has 2 rings (SSSR count). The number of nitrogens with zero attached hydrogens (tertiary/aromatic N) is 1. The van der Waals surface area contributed by atoms with Crippen LogP contribution in [0.15, 0.2) is 41.4 Å². The molecule has 1 unspecified atom stereocenters. The number of carbonyl (C=O) groups is 1. The van der Waals surface area contributed by atoms with Gasteiger partial charge in [0.15, 0.2) is 5.96 Å². The number of nitrogens with two attached hydrogens (primary N) is 1. The van der Waals surface area contributed by atoms with Crippen LogP contribution >= 0.6 is 0 Å². The predicted molar refractivity (Wildman–Crippen MR) is 81.7 cm³/mol. The highest BCUT2D eigenvalue weighted by Gasteiger charge is 2.29. The summed E-state index contributed by atoms with van der Waals surface area (Å²) in [7, 11) is 0. The Morgan fingerprint density at radius 2 is 2.25 bits per heavy atom. The van der Waals surface area contributed by atoms with Crippen molar-refractivity contribution < 1.29 is 4.79 Å². The zero-order valence-corrected chi connectivity index (χ0v) is 11.6. The van der Waals surface area contributed by atoms with Crippen molar-refractivity contribution in [2.75, 3.05) is 18.4 Å². The van der Waals surface area contributed by atoms with Crippen molar-refractivity contribution in [3.63, 3.8) is 0 Å². The lowest BCUT2D eigenvalue weighted by molar-refractivity contribution is -0.117. The van der Waals surface area contributed by atoms with E-state index in [0.717, 1.165) is 16.8 Å². The molecular weight excluding hydrogens is 252 g/mol. The van der Waals surface area contributed by atoms with Crippen LogP contribution in [0.1, 0.15) is 24.8 Å². The molecular formula is C15H20N4O. The van der Waals surface area contributed by atoms with Crippen LogP contribution in [0.2, 0.25) is 0 Å². The summed E-state index contributed by atoms with van der Waals surface area (Å²) in [6, 6.07) is 7.77. The molecule has 106 valence electrons. The standard InChI is InChI=1S/C15H20N4O/c1-10(2)9-18-15(16)17-8-7-12-11-5-3-4-6-13(11)19-14(12)20/h3-6,12H,1,7-9H2,2H3,(H,19,20)(H3,16,17,18). The smallest absolute Gasteiger partial charge is 0.232 e. The summed E-state index contributed by atoms with van der Waals surface area (Å²) in [5.41, 5.74) is 8.65. The van der Waals surface area contributed by atoms with Gasteiger partial charge in [0.25, 0.3) is 0 Å². The van der Waals surface area contributed by atoms with Crippen molar-refractivity contribution in [2.45, 2.75) is 19.3 Å². The molecule has 1 aliphatic heterocycles. The maximum Gasteiger partial charge on any atom is 0.232 e. The van der Waals surface area contributed by atoms with Gasteiger partial charge in [-0.1, -0.05) is 30.4 Å². The fourth-order valence-corrected chi connectivity index (χ4v) is 2.18. The number of nitrogens with one attached hydrogen (secondary N) is 2. The van der Waals surface area contributed by atoms with E-state index in [0.29, 0.717) is 25.5 Å². The van der Waals surface area contributed by atoms with Crippen LogP contribution in [0.4, 0.5) is 5.69 Å². The van der Waals surface area contributed by atoms with E-state index in [-0.39, 0.29) is 11.8 Å². The maximum absolute atomic E-state index is 11.9. The molecule has 5 nitrogen and oxygen atoms in total. The Balaban J connectivity index is 1.87. The number of aliphatic imine (C=N–C) groups is 1. The highest BCUT2D eigenvalue weighted by atomic mass is 16.2. The molecule has 0 spiro atoms. The first-order valence-electron chi connectivity index (χ1n) is 6.66. The summed E-state index contributed by atoms with van der Waals surface area (Å²) in [6.07, 6.45) is 0.687. The molecule has 1 aromatic carbocycles. The summed E-state index contributed by atoms with van der Waals surface area (Å²) in [4.78, 5) is 16.0. The molecule has 1 aromatic rings. The van der Waals surface area contributed by atoms with Crippen molar-refractivity contribution in [1.82, 2.24) is 5.32 Å². The number of carbonyl (C=O) groups excluding carboxylic acids is 1. The van der Waals surface area contributed by atoms with Gasteiger partial charge in [-0.15, -0.1) is 0 Å². The summed E-state index contributed by atoms with van der Waals surface area (Å²) < 4.78 is 0. The number of amides is 1. The van der Waals surface area contributed by atoms with Crippen molar-refractivity contribution in [3.8, 4) is 0 Å². The Hall–Kier alpha value is -2.30. The van der Waals surface area contributed by atoms with E-state index in [4.69, 9.17) is 5.73 Å². The number of guanidine groups is 1. The number of para-hydroxylation sites is 1. The SMILES string of the molecule is C=C(C)CN=C(N)NCCC1C(=O)Nc2ccccc21. The first kappa shape index (κ1) is 14.1. The van der Waals surface area contributed by atoms with Crippen molar-refractivity contribution in [1.29, 1.82) is 0 Å². The van der Waals surface area contributed by atoms with Crippen LogP contribution in [0, 0.1) is 0 Å². The van der Waals surface area contributed by atoms with E-state index in [2.05, 4.69) is 22.2 Å². The maximum atomic E-state index is 11.9. The molecule has 1 aliphatic rings. The molecule has 4 N–H and O–H groups in total. The number of hydrogen-bond donors (Lipinski definition) is 3. The molecule has 0 radical (unpaired) electrons. The van der Waals surface area contributed by atoms with Crippen LogP contribution in [0.25, 0.3) is 0 Å². The molecule has 0 aromatic heterocycles. The lowest BCUT2D eigenvalue weighted by Crippen LogP contribution is -2.33. The first-order chi connectivity index (χ1) is 9.58. The molecule has 0 bridgehead atoms. The van der Waals surface area contributed by atoms with Gasteiger partial charge in [0.2, 0.25) is 5.91 Å². The Morgan fingerprint density at radius 3 is 3.00 bits per heavy atom. The van der Waals surface area contributed by atoms with E-state index >= 15 is 0 Å². The normalized spacial score (nSPS) is 17.6. The van der Waals surface area contributed by atoms with Gasteiger partial charge in [-0.2, -0.15) is 0 Å². The quantitative estimate of drug-likeness (QED) is 0.432. The fourth-order valence-electron chi connectivity index (χ4n) is 2.18. The Labute approximate surface area is 119 Å². The summed E-state index contributed by atoms with van der Waals surface area (Å²) in [5.74, 6) is 0.317. The van der Waals surface area contributed by atoms with E-state index in [1.807, 2.05) is 31.2 Å². The van der Waals surface area contributed by atoms with E-state index < -0.39 is 0 Å². The highest BCUT2D eigenvalue weighted by Crippen LogP contribution is 2.33.